The van der Waals surface area contributed by atoms with Crippen LogP contribution in [0.25, 0.3) is 0 Å². The van der Waals surface area contributed by atoms with Gasteiger partial charge >= 0.3 is 0 Å². The molecule has 126 valence electrons. The van der Waals surface area contributed by atoms with Crippen LogP contribution in [0.5, 0.6) is 0 Å². The summed E-state index contributed by atoms with van der Waals surface area (Å²) >= 11 is 0. The maximum Gasteiger partial charge on any atom is 0.166 e. The van der Waals surface area contributed by atoms with E-state index in [1.165, 1.54) is 11.1 Å². The van der Waals surface area contributed by atoms with Crippen LogP contribution >= 0.6 is 0 Å². The van der Waals surface area contributed by atoms with Gasteiger partial charge in [0, 0.05) is 17.4 Å². The molecule has 0 aliphatic heterocycles. The normalized spacial score (nSPS) is 23.0. The Hall–Kier alpha value is -1.44. The molecule has 0 saturated carbocycles. The predicted octanol–water partition coefficient (Wildman–Crippen LogP) is 6.15. The van der Waals surface area contributed by atoms with Gasteiger partial charge in [-0.3, -0.25) is 4.79 Å². The lowest BCUT2D eigenvalue weighted by Crippen LogP contribution is -2.34. The first-order valence-corrected chi connectivity index (χ1v) is 8.93. The maximum atomic E-state index is 14.9. The van der Waals surface area contributed by atoms with Crippen LogP contribution in [0.4, 0.5) is 4.39 Å². The number of hydrogen-bond donors (Lipinski definition) is 0. The molecule has 0 N–H and O–H groups in total. The van der Waals surface area contributed by atoms with Crippen LogP contribution in [0.2, 0.25) is 0 Å². The second-order valence-corrected chi connectivity index (χ2v) is 6.98. The summed E-state index contributed by atoms with van der Waals surface area (Å²) in [4.78, 5) is 12.9. The van der Waals surface area contributed by atoms with Gasteiger partial charge in [0.25, 0.3) is 0 Å². The van der Waals surface area contributed by atoms with Crippen molar-refractivity contribution in [1.82, 2.24) is 0 Å². The van der Waals surface area contributed by atoms with Crippen LogP contribution in [-0.2, 0) is 0 Å². The third-order valence-corrected chi connectivity index (χ3v) is 5.26. The molecule has 0 unspecified atom stereocenters. The molecular formula is C21H29FO. The molecule has 1 aliphatic carbocycles. The Morgan fingerprint density at radius 2 is 1.78 bits per heavy atom. The van der Waals surface area contributed by atoms with Gasteiger partial charge in [-0.1, -0.05) is 67.7 Å². The number of hydrogen-bond acceptors (Lipinski definition) is 1. The smallest absolute Gasteiger partial charge is 0.166 e. The van der Waals surface area contributed by atoms with Gasteiger partial charge in [0.1, 0.15) is 6.17 Å². The number of allylic oxidation sites excluding steroid dienone is 2. The fourth-order valence-corrected chi connectivity index (χ4v) is 3.61. The maximum absolute atomic E-state index is 14.9. The average Bonchev–Trinajstić information content (AvgIpc) is 2.57. The highest BCUT2D eigenvalue weighted by Crippen LogP contribution is 2.40. The predicted molar refractivity (Wildman–Crippen MR) is 94.4 cm³/mol. The molecule has 2 heteroatoms. The second kappa shape index (κ2) is 8.42. The summed E-state index contributed by atoms with van der Waals surface area (Å²) in [6, 6.07) is 9.38. The fourth-order valence-electron chi connectivity index (χ4n) is 3.61. The first kappa shape index (κ1) is 17.9. The Balaban J connectivity index is 2.17. The van der Waals surface area contributed by atoms with Crippen LogP contribution in [0.1, 0.15) is 69.7 Å². The van der Waals surface area contributed by atoms with Gasteiger partial charge in [-0.25, -0.2) is 4.39 Å². The molecule has 1 aliphatic rings. The number of ketones is 1. The molecule has 1 aromatic rings. The van der Waals surface area contributed by atoms with E-state index in [1.807, 2.05) is 30.3 Å². The van der Waals surface area contributed by atoms with Crippen molar-refractivity contribution in [3.63, 3.8) is 0 Å². The lowest BCUT2D eigenvalue weighted by atomic mass is 9.70. The average molecular weight is 316 g/mol. The minimum Gasteiger partial charge on any atom is -0.294 e. The van der Waals surface area contributed by atoms with E-state index in [-0.39, 0.29) is 17.6 Å². The van der Waals surface area contributed by atoms with E-state index >= 15 is 0 Å². The Morgan fingerprint density at radius 3 is 2.43 bits per heavy atom. The molecule has 23 heavy (non-hydrogen) atoms. The molecular weight excluding hydrogens is 287 g/mol. The van der Waals surface area contributed by atoms with Crippen LogP contribution in [0.15, 0.2) is 41.5 Å². The van der Waals surface area contributed by atoms with Crippen molar-refractivity contribution in [2.24, 2.45) is 11.8 Å². The molecule has 0 spiro atoms. The van der Waals surface area contributed by atoms with Crippen molar-refractivity contribution in [3.8, 4) is 0 Å². The quantitative estimate of drug-likeness (QED) is 0.335. The first-order chi connectivity index (χ1) is 11.0. The largest absolute Gasteiger partial charge is 0.294 e. The van der Waals surface area contributed by atoms with Crippen molar-refractivity contribution in [1.29, 1.82) is 0 Å². The summed E-state index contributed by atoms with van der Waals surface area (Å²) in [6.07, 6.45) is 4.23. The number of unbranched alkanes of at least 4 members (excludes halogenated alkanes) is 2. The Morgan fingerprint density at radius 1 is 1.13 bits per heavy atom. The molecule has 1 nitrogen and oxygen atoms in total. The lowest BCUT2D eigenvalue weighted by molar-refractivity contribution is 0.0758. The summed E-state index contributed by atoms with van der Waals surface area (Å²) in [6.45, 7) is 6.30. The Labute approximate surface area is 140 Å². The van der Waals surface area contributed by atoms with Gasteiger partial charge in [0.15, 0.2) is 5.78 Å². The third kappa shape index (κ3) is 4.53. The summed E-state index contributed by atoms with van der Waals surface area (Å²) in [5, 5.41) is 0. The van der Waals surface area contributed by atoms with Crippen molar-refractivity contribution < 1.29 is 9.18 Å². The zero-order chi connectivity index (χ0) is 16.8. The van der Waals surface area contributed by atoms with E-state index < -0.39 is 6.17 Å². The molecule has 0 amide bonds. The van der Waals surface area contributed by atoms with Crippen LogP contribution < -0.4 is 0 Å². The van der Waals surface area contributed by atoms with Crippen molar-refractivity contribution in [3.05, 3.63) is 47.0 Å². The number of benzene rings is 1. The number of rotatable bonds is 7. The van der Waals surface area contributed by atoms with Crippen molar-refractivity contribution in [2.75, 3.05) is 0 Å². The second-order valence-electron chi connectivity index (χ2n) is 6.98. The van der Waals surface area contributed by atoms with Gasteiger partial charge in [0.2, 0.25) is 0 Å². The number of carbonyl (C=O) groups is 1. The molecule has 2 rings (SSSR count). The standard InChI is InChI=1S/C21H29FO/c1-4-5-7-12-20(22)18-13-15(2)16(3)14-19(18)21(23)17-10-8-6-9-11-17/h6,8-11,18-20H,4-5,7,12-14H2,1-3H3/t18-,19+,20+/m0/s1. The van der Waals surface area contributed by atoms with Crippen LogP contribution in [0, 0.1) is 11.8 Å². The van der Waals surface area contributed by atoms with Gasteiger partial charge in [-0.05, 0) is 33.1 Å². The number of alkyl halides is 1. The lowest BCUT2D eigenvalue weighted by Gasteiger charge is -2.34. The summed E-state index contributed by atoms with van der Waals surface area (Å²) < 4.78 is 14.9. The minimum absolute atomic E-state index is 0.112. The van der Waals surface area contributed by atoms with Gasteiger partial charge < -0.3 is 0 Å². The fraction of sp³-hybridized carbons (Fsp3) is 0.571. The molecule has 3 atom stereocenters. The van der Waals surface area contributed by atoms with Gasteiger partial charge in [-0.2, -0.15) is 0 Å². The van der Waals surface area contributed by atoms with E-state index in [0.29, 0.717) is 12.8 Å². The highest BCUT2D eigenvalue weighted by Gasteiger charge is 2.37. The summed E-state index contributed by atoms with van der Waals surface area (Å²) in [7, 11) is 0. The number of Topliss-reactive ketones (excluding diaryl/α,β-unsaturated/α-hetero) is 1. The molecule has 0 saturated heterocycles. The first-order valence-electron chi connectivity index (χ1n) is 8.93. The van der Waals surface area contributed by atoms with Crippen molar-refractivity contribution >= 4 is 5.78 Å². The highest BCUT2D eigenvalue weighted by molar-refractivity contribution is 5.98. The molecule has 0 bridgehead atoms. The monoisotopic (exact) mass is 316 g/mol. The topological polar surface area (TPSA) is 17.1 Å². The molecule has 0 aromatic heterocycles. The molecule has 0 radical (unpaired) electrons. The Kier molecular flexibility index (Phi) is 6.56. The molecule has 1 aromatic carbocycles. The Bertz CT molecular complexity index is 546. The summed E-state index contributed by atoms with van der Waals surface area (Å²) in [5.74, 6) is -0.262. The van der Waals surface area contributed by atoms with Gasteiger partial charge in [0.05, 0.1) is 0 Å². The van der Waals surface area contributed by atoms with E-state index in [0.717, 1.165) is 31.2 Å². The van der Waals surface area contributed by atoms with Crippen LogP contribution in [0.3, 0.4) is 0 Å². The highest BCUT2D eigenvalue weighted by atomic mass is 19.1. The van der Waals surface area contributed by atoms with E-state index in [1.54, 1.807) is 0 Å². The van der Waals surface area contributed by atoms with Crippen LogP contribution in [-0.4, -0.2) is 12.0 Å². The molecule has 0 heterocycles. The van der Waals surface area contributed by atoms with Gasteiger partial charge in [-0.15, -0.1) is 0 Å². The SMILES string of the molecule is CCCCC[C@@H](F)[C@H]1CC(C)=C(C)C[C@H]1C(=O)c1ccccc1. The minimum atomic E-state index is -0.873. The van der Waals surface area contributed by atoms with E-state index in [4.69, 9.17) is 0 Å². The third-order valence-electron chi connectivity index (χ3n) is 5.26. The van der Waals surface area contributed by atoms with E-state index in [2.05, 4.69) is 20.8 Å². The molecule has 0 fully saturated rings. The van der Waals surface area contributed by atoms with Crippen molar-refractivity contribution in [2.45, 2.75) is 65.5 Å². The number of halogens is 1. The summed E-state index contributed by atoms with van der Waals surface area (Å²) in [5.41, 5.74) is 3.25. The van der Waals surface area contributed by atoms with E-state index in [9.17, 15) is 9.18 Å². The number of carbonyl (C=O) groups excluding carboxylic acids is 1. The zero-order valence-corrected chi connectivity index (χ0v) is 14.6. The zero-order valence-electron chi connectivity index (χ0n) is 14.6.